The summed E-state index contributed by atoms with van der Waals surface area (Å²) in [6.07, 6.45) is 0.195. The van der Waals surface area contributed by atoms with Crippen LogP contribution in [0.1, 0.15) is 5.56 Å². The molecule has 1 aliphatic heterocycles. The molecule has 2 aromatic rings. The van der Waals surface area contributed by atoms with Crippen LogP contribution in [0, 0.1) is 5.82 Å². The number of nitrogens with zero attached hydrogens (tertiary/aromatic N) is 2. The number of fused-ring (bicyclic) bond motifs is 1. The van der Waals surface area contributed by atoms with Crippen molar-refractivity contribution in [2.24, 2.45) is 0 Å². The van der Waals surface area contributed by atoms with E-state index < -0.39 is 5.82 Å². The monoisotopic (exact) mass is 247 g/mol. The highest BCUT2D eigenvalue weighted by atomic mass is 19.1. The number of nitrogens with two attached hydrogens (primary N) is 1. The second-order valence-electron chi connectivity index (χ2n) is 4.21. The van der Waals surface area contributed by atoms with E-state index in [4.69, 9.17) is 10.3 Å². The summed E-state index contributed by atoms with van der Waals surface area (Å²) < 4.78 is 19.0. The molecule has 1 aliphatic rings. The van der Waals surface area contributed by atoms with Crippen LogP contribution >= 0.6 is 0 Å². The molecule has 2 heterocycles. The summed E-state index contributed by atoms with van der Waals surface area (Å²) in [6, 6.07) is 4.55. The van der Waals surface area contributed by atoms with E-state index in [2.05, 4.69) is 5.16 Å². The summed E-state index contributed by atoms with van der Waals surface area (Å²) in [5, 5.41) is 3.55. The molecule has 18 heavy (non-hydrogen) atoms. The largest absolute Gasteiger partial charge is 0.381 e. The van der Waals surface area contributed by atoms with Crippen LogP contribution in [0.2, 0.25) is 0 Å². The number of amides is 1. The van der Waals surface area contributed by atoms with Crippen LogP contribution < -0.4 is 10.6 Å². The number of nitrogen functional groups attached to an aromatic ring is 1. The van der Waals surface area contributed by atoms with Crippen LogP contribution in [0.25, 0.3) is 11.3 Å². The molecule has 5 nitrogen and oxygen atoms in total. The van der Waals surface area contributed by atoms with E-state index in [9.17, 15) is 9.18 Å². The lowest BCUT2D eigenvalue weighted by Crippen LogP contribution is -2.21. The summed E-state index contributed by atoms with van der Waals surface area (Å²) in [5.74, 6) is 0.0410. The average molecular weight is 247 g/mol. The zero-order chi connectivity index (χ0) is 12.9. The third kappa shape index (κ3) is 1.46. The van der Waals surface area contributed by atoms with Gasteiger partial charge in [-0.2, -0.15) is 0 Å². The van der Waals surface area contributed by atoms with Crippen LogP contribution in [-0.2, 0) is 11.2 Å². The Hall–Kier alpha value is -2.37. The van der Waals surface area contributed by atoms with E-state index in [-0.39, 0.29) is 18.1 Å². The number of halogens is 1. The molecule has 6 heteroatoms. The molecule has 0 spiro atoms. The molecular weight excluding hydrogens is 237 g/mol. The van der Waals surface area contributed by atoms with Gasteiger partial charge in [-0.25, -0.2) is 4.39 Å². The number of benzene rings is 1. The Balaban J connectivity index is 2.14. The van der Waals surface area contributed by atoms with Gasteiger partial charge < -0.3 is 15.2 Å². The highest BCUT2D eigenvalue weighted by Crippen LogP contribution is 2.35. The number of hydrogen-bond acceptors (Lipinski definition) is 4. The summed E-state index contributed by atoms with van der Waals surface area (Å²) in [4.78, 5) is 12.9. The first kappa shape index (κ1) is 10.8. The van der Waals surface area contributed by atoms with E-state index >= 15 is 0 Å². The number of likely N-dealkylation sites (N-methyl/N-ethyl adjacent to an activating group) is 1. The fraction of sp³-hybridized carbons (Fsp3) is 0.167. The zero-order valence-electron chi connectivity index (χ0n) is 9.61. The molecule has 1 aromatic carbocycles. The highest BCUT2D eigenvalue weighted by molar-refractivity contribution is 6.01. The van der Waals surface area contributed by atoms with Crippen molar-refractivity contribution in [2.45, 2.75) is 6.42 Å². The maximum atomic E-state index is 14.0. The van der Waals surface area contributed by atoms with Crippen molar-refractivity contribution in [1.29, 1.82) is 0 Å². The molecule has 92 valence electrons. The number of carbonyl (C=O) groups excluding carboxylic acids is 1. The van der Waals surface area contributed by atoms with Crippen LogP contribution in [0.3, 0.4) is 0 Å². The molecule has 0 bridgehead atoms. The third-order valence-corrected chi connectivity index (χ3v) is 3.01. The lowest BCUT2D eigenvalue weighted by Gasteiger charge is -2.11. The van der Waals surface area contributed by atoms with Crippen molar-refractivity contribution in [2.75, 3.05) is 17.7 Å². The summed E-state index contributed by atoms with van der Waals surface area (Å²) in [5.41, 5.74) is 6.95. The summed E-state index contributed by atoms with van der Waals surface area (Å²) in [7, 11) is 1.56. The Morgan fingerprint density at radius 1 is 1.44 bits per heavy atom. The molecule has 0 aliphatic carbocycles. The van der Waals surface area contributed by atoms with E-state index in [0.29, 0.717) is 22.6 Å². The lowest BCUT2D eigenvalue weighted by molar-refractivity contribution is -0.117. The van der Waals surface area contributed by atoms with Crippen LogP contribution in [0.15, 0.2) is 22.7 Å². The van der Waals surface area contributed by atoms with Gasteiger partial charge in [-0.3, -0.25) is 4.79 Å². The molecule has 0 saturated heterocycles. The van der Waals surface area contributed by atoms with Crippen molar-refractivity contribution in [3.8, 4) is 11.3 Å². The quantitative estimate of drug-likeness (QED) is 0.830. The number of carbonyl (C=O) groups is 1. The lowest BCUT2D eigenvalue weighted by atomic mass is 10.1. The summed E-state index contributed by atoms with van der Waals surface area (Å²) in [6.45, 7) is 0. The smallest absolute Gasteiger partial charge is 0.231 e. The topological polar surface area (TPSA) is 72.4 Å². The first-order valence-electron chi connectivity index (χ1n) is 5.38. The SMILES string of the molecule is CN1C(=O)Cc2cc(-c3cc(N)no3)cc(F)c21. The Kier molecular flexibility index (Phi) is 2.13. The van der Waals surface area contributed by atoms with Gasteiger partial charge in [-0.15, -0.1) is 0 Å². The second kappa shape index (κ2) is 3.56. The van der Waals surface area contributed by atoms with Gasteiger partial charge in [0.2, 0.25) is 5.91 Å². The maximum Gasteiger partial charge on any atom is 0.231 e. The number of aromatic nitrogens is 1. The van der Waals surface area contributed by atoms with Crippen molar-refractivity contribution < 1.29 is 13.7 Å². The molecule has 0 fully saturated rings. The van der Waals surface area contributed by atoms with Gasteiger partial charge in [0.15, 0.2) is 11.6 Å². The number of anilines is 2. The minimum atomic E-state index is -0.453. The fourth-order valence-electron chi connectivity index (χ4n) is 2.14. The van der Waals surface area contributed by atoms with Crippen molar-refractivity contribution >= 4 is 17.4 Å². The Labute approximate surface area is 102 Å². The van der Waals surface area contributed by atoms with Crippen LogP contribution in [-0.4, -0.2) is 18.1 Å². The van der Waals surface area contributed by atoms with Gasteiger partial charge in [0.05, 0.1) is 12.1 Å². The Morgan fingerprint density at radius 2 is 2.22 bits per heavy atom. The number of rotatable bonds is 1. The van der Waals surface area contributed by atoms with Gasteiger partial charge >= 0.3 is 0 Å². The van der Waals surface area contributed by atoms with E-state index in [0.717, 1.165) is 0 Å². The van der Waals surface area contributed by atoms with Gasteiger partial charge in [0, 0.05) is 18.7 Å². The predicted molar refractivity (Wildman–Crippen MR) is 63.4 cm³/mol. The maximum absolute atomic E-state index is 14.0. The average Bonchev–Trinajstić information content (AvgIpc) is 2.85. The first-order valence-corrected chi connectivity index (χ1v) is 5.38. The molecule has 3 rings (SSSR count). The van der Waals surface area contributed by atoms with E-state index in [1.807, 2.05) is 0 Å². The fourth-order valence-corrected chi connectivity index (χ4v) is 2.14. The molecule has 1 amide bonds. The Bertz CT molecular complexity index is 651. The molecule has 0 unspecified atom stereocenters. The van der Waals surface area contributed by atoms with Crippen LogP contribution in [0.5, 0.6) is 0 Å². The van der Waals surface area contributed by atoms with Crippen molar-refractivity contribution in [3.63, 3.8) is 0 Å². The molecule has 1 aromatic heterocycles. The molecule has 0 saturated carbocycles. The number of hydrogen-bond donors (Lipinski definition) is 1. The highest BCUT2D eigenvalue weighted by Gasteiger charge is 2.28. The van der Waals surface area contributed by atoms with Gasteiger partial charge in [0.1, 0.15) is 5.82 Å². The van der Waals surface area contributed by atoms with Gasteiger partial charge in [-0.05, 0) is 17.7 Å². The second-order valence-corrected chi connectivity index (χ2v) is 4.21. The molecule has 0 radical (unpaired) electrons. The van der Waals surface area contributed by atoms with Crippen molar-refractivity contribution in [3.05, 3.63) is 29.6 Å². The predicted octanol–water partition coefficient (Wildman–Crippen LogP) is 1.58. The third-order valence-electron chi connectivity index (χ3n) is 3.01. The Morgan fingerprint density at radius 3 is 2.89 bits per heavy atom. The van der Waals surface area contributed by atoms with Gasteiger partial charge in [-0.1, -0.05) is 5.16 Å². The first-order chi connectivity index (χ1) is 8.56. The van der Waals surface area contributed by atoms with Crippen LogP contribution in [0.4, 0.5) is 15.9 Å². The standard InChI is InChI=1S/C12H10FN3O2/c1-16-11(17)4-7-2-6(3-8(13)12(7)16)9-5-10(14)15-18-9/h2-3,5H,4H2,1H3,(H2,14,15). The zero-order valence-corrected chi connectivity index (χ0v) is 9.61. The van der Waals surface area contributed by atoms with Crippen molar-refractivity contribution in [1.82, 2.24) is 5.16 Å². The van der Waals surface area contributed by atoms with Gasteiger partial charge in [0.25, 0.3) is 0 Å². The minimum absolute atomic E-state index is 0.127. The summed E-state index contributed by atoms with van der Waals surface area (Å²) >= 11 is 0. The molecule has 0 atom stereocenters. The minimum Gasteiger partial charge on any atom is -0.381 e. The van der Waals surface area contributed by atoms with E-state index in [1.165, 1.54) is 17.0 Å². The molecular formula is C12H10FN3O2. The normalized spacial score (nSPS) is 14.1. The molecule has 2 N–H and O–H groups in total. The van der Waals surface area contributed by atoms with E-state index in [1.54, 1.807) is 13.1 Å².